The highest BCUT2D eigenvalue weighted by Gasteiger charge is 2.38. The van der Waals surface area contributed by atoms with Crippen molar-refractivity contribution in [1.82, 2.24) is 15.0 Å². The van der Waals surface area contributed by atoms with Crippen molar-refractivity contribution in [2.75, 3.05) is 0 Å². The topological polar surface area (TPSA) is 56.7 Å². The van der Waals surface area contributed by atoms with Gasteiger partial charge in [0.15, 0.2) is 0 Å². The largest absolute Gasteiger partial charge is 0.325 e. The molecule has 2 aromatic rings. The van der Waals surface area contributed by atoms with Crippen LogP contribution in [0.25, 0.3) is 5.69 Å². The minimum absolute atomic E-state index is 0.0245. The first-order valence-corrected chi connectivity index (χ1v) is 5.50. The van der Waals surface area contributed by atoms with E-state index in [1.54, 1.807) is 10.9 Å². The van der Waals surface area contributed by atoms with E-state index in [9.17, 15) is 0 Å². The molecular weight excluding hydrogens is 200 g/mol. The number of nitrogens with two attached hydrogens (primary N) is 1. The number of hydrogen-bond donors (Lipinski definition) is 1. The average molecular weight is 214 g/mol. The van der Waals surface area contributed by atoms with Crippen LogP contribution in [0.15, 0.2) is 36.7 Å². The zero-order valence-corrected chi connectivity index (χ0v) is 9.00. The molecule has 1 aromatic carbocycles. The SMILES string of the molecule is NC1(Cc2ccccc2-n2ccnn2)CC1. The third kappa shape index (κ3) is 1.72. The van der Waals surface area contributed by atoms with Gasteiger partial charge in [0.1, 0.15) is 0 Å². The van der Waals surface area contributed by atoms with Crippen molar-refractivity contribution in [3.63, 3.8) is 0 Å². The Morgan fingerprint density at radius 2 is 2.12 bits per heavy atom. The molecule has 0 amide bonds. The highest BCUT2D eigenvalue weighted by atomic mass is 15.4. The molecule has 4 heteroatoms. The molecule has 4 nitrogen and oxygen atoms in total. The Kier molecular flexibility index (Phi) is 2.04. The number of hydrogen-bond acceptors (Lipinski definition) is 3. The lowest BCUT2D eigenvalue weighted by atomic mass is 10.0. The van der Waals surface area contributed by atoms with Crippen molar-refractivity contribution in [2.45, 2.75) is 24.8 Å². The van der Waals surface area contributed by atoms with Gasteiger partial charge in [-0.2, -0.15) is 0 Å². The number of aromatic nitrogens is 3. The fraction of sp³-hybridized carbons (Fsp3) is 0.333. The Balaban J connectivity index is 1.98. The van der Waals surface area contributed by atoms with Gasteiger partial charge in [-0.3, -0.25) is 0 Å². The first-order valence-electron chi connectivity index (χ1n) is 5.50. The molecule has 1 aromatic heterocycles. The van der Waals surface area contributed by atoms with Gasteiger partial charge in [0.25, 0.3) is 0 Å². The van der Waals surface area contributed by atoms with Crippen LogP contribution in [-0.4, -0.2) is 20.5 Å². The van der Waals surface area contributed by atoms with Crippen LogP contribution >= 0.6 is 0 Å². The first kappa shape index (κ1) is 9.54. The predicted octanol–water partition coefficient (Wildman–Crippen LogP) is 1.30. The summed E-state index contributed by atoms with van der Waals surface area (Å²) < 4.78 is 1.79. The molecule has 82 valence electrons. The van der Waals surface area contributed by atoms with Crippen molar-refractivity contribution >= 4 is 0 Å². The molecule has 0 radical (unpaired) electrons. The Hall–Kier alpha value is -1.68. The normalized spacial score (nSPS) is 17.3. The molecule has 0 saturated heterocycles. The first-order chi connectivity index (χ1) is 7.77. The summed E-state index contributed by atoms with van der Waals surface area (Å²) in [6.07, 6.45) is 6.71. The molecule has 1 saturated carbocycles. The Bertz CT molecular complexity index is 485. The molecule has 1 heterocycles. The predicted molar refractivity (Wildman–Crippen MR) is 61.2 cm³/mol. The van der Waals surface area contributed by atoms with Gasteiger partial charge in [-0.05, 0) is 30.9 Å². The van der Waals surface area contributed by atoms with Gasteiger partial charge in [0.2, 0.25) is 0 Å². The van der Waals surface area contributed by atoms with E-state index < -0.39 is 0 Å². The van der Waals surface area contributed by atoms with E-state index in [2.05, 4.69) is 22.4 Å². The molecule has 0 bridgehead atoms. The third-order valence-electron chi connectivity index (χ3n) is 3.10. The van der Waals surface area contributed by atoms with Crippen molar-refractivity contribution in [3.05, 3.63) is 42.2 Å². The van der Waals surface area contributed by atoms with Gasteiger partial charge < -0.3 is 5.73 Å². The minimum Gasteiger partial charge on any atom is -0.325 e. The second-order valence-corrected chi connectivity index (χ2v) is 4.52. The maximum atomic E-state index is 6.16. The van der Waals surface area contributed by atoms with E-state index in [-0.39, 0.29) is 5.54 Å². The number of nitrogens with zero attached hydrogens (tertiary/aromatic N) is 3. The van der Waals surface area contributed by atoms with Crippen LogP contribution in [0.4, 0.5) is 0 Å². The standard InChI is InChI=1S/C12H14N4/c13-12(5-6-12)9-10-3-1-2-4-11(10)16-8-7-14-15-16/h1-4,7-8H,5-6,9,13H2. The lowest BCUT2D eigenvalue weighted by Gasteiger charge is -2.12. The molecule has 1 aliphatic rings. The molecule has 1 aliphatic carbocycles. The van der Waals surface area contributed by atoms with E-state index >= 15 is 0 Å². The average Bonchev–Trinajstić information content (AvgIpc) is 2.83. The molecular formula is C12H14N4. The van der Waals surface area contributed by atoms with Crippen LogP contribution in [0.2, 0.25) is 0 Å². The number of benzene rings is 1. The summed E-state index contributed by atoms with van der Waals surface area (Å²) in [4.78, 5) is 0. The summed E-state index contributed by atoms with van der Waals surface area (Å²) in [6.45, 7) is 0. The van der Waals surface area contributed by atoms with Crippen LogP contribution in [0.3, 0.4) is 0 Å². The van der Waals surface area contributed by atoms with Crippen molar-refractivity contribution < 1.29 is 0 Å². The molecule has 0 atom stereocenters. The van der Waals surface area contributed by atoms with Crippen LogP contribution < -0.4 is 5.73 Å². The van der Waals surface area contributed by atoms with Crippen LogP contribution in [-0.2, 0) is 6.42 Å². The second-order valence-electron chi connectivity index (χ2n) is 4.52. The highest BCUT2D eigenvalue weighted by Crippen LogP contribution is 2.36. The lowest BCUT2D eigenvalue weighted by molar-refractivity contribution is 0.664. The fourth-order valence-electron chi connectivity index (χ4n) is 1.94. The van der Waals surface area contributed by atoms with Gasteiger partial charge in [-0.1, -0.05) is 23.4 Å². The summed E-state index contributed by atoms with van der Waals surface area (Å²) in [7, 11) is 0. The van der Waals surface area contributed by atoms with Gasteiger partial charge in [-0.25, -0.2) is 4.68 Å². The molecule has 0 spiro atoms. The summed E-state index contributed by atoms with van der Waals surface area (Å²) in [5, 5.41) is 7.86. The van der Waals surface area contributed by atoms with Gasteiger partial charge in [0, 0.05) is 5.54 Å². The zero-order valence-electron chi connectivity index (χ0n) is 9.00. The molecule has 3 rings (SSSR count). The monoisotopic (exact) mass is 214 g/mol. The van der Waals surface area contributed by atoms with Crippen LogP contribution in [0.5, 0.6) is 0 Å². The lowest BCUT2D eigenvalue weighted by Crippen LogP contribution is -2.25. The Morgan fingerprint density at radius 3 is 2.81 bits per heavy atom. The quantitative estimate of drug-likeness (QED) is 0.837. The Morgan fingerprint density at radius 1 is 1.31 bits per heavy atom. The molecule has 16 heavy (non-hydrogen) atoms. The van der Waals surface area contributed by atoms with E-state index in [1.165, 1.54) is 5.56 Å². The summed E-state index contributed by atoms with van der Waals surface area (Å²) >= 11 is 0. The molecule has 2 N–H and O–H groups in total. The summed E-state index contributed by atoms with van der Waals surface area (Å²) in [5.74, 6) is 0. The summed E-state index contributed by atoms with van der Waals surface area (Å²) in [6, 6.07) is 8.22. The van der Waals surface area contributed by atoms with E-state index in [0.29, 0.717) is 0 Å². The highest BCUT2D eigenvalue weighted by molar-refractivity contribution is 5.41. The van der Waals surface area contributed by atoms with Gasteiger partial charge >= 0.3 is 0 Å². The minimum atomic E-state index is 0.0245. The molecule has 0 aliphatic heterocycles. The smallest absolute Gasteiger partial charge is 0.0697 e. The zero-order chi connectivity index (χ0) is 11.0. The van der Waals surface area contributed by atoms with E-state index in [4.69, 9.17) is 5.73 Å². The van der Waals surface area contributed by atoms with Gasteiger partial charge in [0.05, 0.1) is 18.1 Å². The van der Waals surface area contributed by atoms with Crippen LogP contribution in [0.1, 0.15) is 18.4 Å². The summed E-state index contributed by atoms with van der Waals surface area (Å²) in [5.41, 5.74) is 8.50. The van der Waals surface area contributed by atoms with Crippen LogP contribution in [0, 0.1) is 0 Å². The number of para-hydroxylation sites is 1. The second kappa shape index (κ2) is 3.42. The van der Waals surface area contributed by atoms with Gasteiger partial charge in [-0.15, -0.1) is 5.10 Å². The van der Waals surface area contributed by atoms with E-state index in [0.717, 1.165) is 24.9 Å². The molecule has 1 fully saturated rings. The van der Waals surface area contributed by atoms with Crippen molar-refractivity contribution in [2.24, 2.45) is 5.73 Å². The maximum absolute atomic E-state index is 6.16. The molecule has 0 unspecified atom stereocenters. The maximum Gasteiger partial charge on any atom is 0.0697 e. The van der Waals surface area contributed by atoms with E-state index in [1.807, 2.05) is 18.3 Å². The third-order valence-corrected chi connectivity index (χ3v) is 3.10. The van der Waals surface area contributed by atoms with Crippen molar-refractivity contribution in [1.29, 1.82) is 0 Å². The fourth-order valence-corrected chi connectivity index (χ4v) is 1.94. The Labute approximate surface area is 94.1 Å². The van der Waals surface area contributed by atoms with Crippen molar-refractivity contribution in [3.8, 4) is 5.69 Å². The number of rotatable bonds is 3.